The molecule has 98 valence electrons. The van der Waals surface area contributed by atoms with Gasteiger partial charge in [-0.25, -0.2) is 8.78 Å². The fraction of sp³-hybridized carbons (Fsp3) is 0. The Kier molecular flexibility index (Phi) is 4.62. The Hall–Kier alpha value is -2.02. The molecule has 0 amide bonds. The highest BCUT2D eigenvalue weighted by molar-refractivity contribution is 8.76. The van der Waals surface area contributed by atoms with E-state index in [2.05, 4.69) is 0 Å². The second-order valence-electron chi connectivity index (χ2n) is 3.68. The molecule has 2 aromatic rings. The summed E-state index contributed by atoms with van der Waals surface area (Å²) in [5.41, 5.74) is 0.475. The molecule has 0 spiro atoms. The Morgan fingerprint density at radius 3 is 1.45 bits per heavy atom. The van der Waals surface area contributed by atoms with Crippen molar-refractivity contribution in [3.8, 4) is 12.1 Å². The molecular formula is C14H6F2N2S2. The lowest BCUT2D eigenvalue weighted by Gasteiger charge is -2.04. The summed E-state index contributed by atoms with van der Waals surface area (Å²) in [6.45, 7) is 0. The number of rotatable bonds is 3. The minimum absolute atomic E-state index is 0.237. The van der Waals surface area contributed by atoms with Crippen LogP contribution in [0.2, 0.25) is 0 Å². The summed E-state index contributed by atoms with van der Waals surface area (Å²) >= 11 is 0. The van der Waals surface area contributed by atoms with Crippen molar-refractivity contribution >= 4 is 21.6 Å². The number of halogens is 2. The molecule has 0 bridgehead atoms. The molecule has 0 saturated heterocycles. The molecule has 2 rings (SSSR count). The number of benzene rings is 2. The average Bonchev–Trinajstić information content (AvgIpc) is 2.46. The maximum Gasteiger partial charge on any atom is 0.138 e. The average molecular weight is 304 g/mol. The maximum absolute atomic E-state index is 13.6. The molecule has 0 N–H and O–H groups in total. The molecule has 0 saturated carbocycles. The van der Waals surface area contributed by atoms with Crippen molar-refractivity contribution in [1.82, 2.24) is 0 Å². The molecule has 2 nitrogen and oxygen atoms in total. The van der Waals surface area contributed by atoms with E-state index in [1.165, 1.54) is 24.3 Å². The van der Waals surface area contributed by atoms with Gasteiger partial charge in [0.05, 0.1) is 33.1 Å². The predicted molar refractivity (Wildman–Crippen MR) is 73.9 cm³/mol. The lowest BCUT2D eigenvalue weighted by Crippen LogP contribution is -1.84. The minimum Gasteiger partial charge on any atom is -0.206 e. The van der Waals surface area contributed by atoms with Crippen molar-refractivity contribution < 1.29 is 8.78 Å². The van der Waals surface area contributed by atoms with Gasteiger partial charge in [0.15, 0.2) is 0 Å². The van der Waals surface area contributed by atoms with Crippen LogP contribution in [0.4, 0.5) is 8.78 Å². The van der Waals surface area contributed by atoms with Gasteiger partial charge in [0.2, 0.25) is 0 Å². The second-order valence-corrected chi connectivity index (χ2v) is 5.89. The lowest BCUT2D eigenvalue weighted by molar-refractivity contribution is 0.600. The van der Waals surface area contributed by atoms with Crippen LogP contribution in [0.5, 0.6) is 0 Å². The van der Waals surface area contributed by atoms with Crippen LogP contribution in [0.1, 0.15) is 11.1 Å². The van der Waals surface area contributed by atoms with Crippen molar-refractivity contribution in [2.45, 2.75) is 9.79 Å². The second kappa shape index (κ2) is 6.42. The molecule has 6 heteroatoms. The van der Waals surface area contributed by atoms with Gasteiger partial charge >= 0.3 is 0 Å². The largest absolute Gasteiger partial charge is 0.206 e. The first kappa shape index (κ1) is 14.4. The third-order valence-electron chi connectivity index (χ3n) is 2.34. The van der Waals surface area contributed by atoms with Crippen LogP contribution in [0.15, 0.2) is 46.2 Å². The number of nitrogens with zero attached hydrogens (tertiary/aromatic N) is 2. The van der Waals surface area contributed by atoms with Gasteiger partial charge in [0.1, 0.15) is 11.6 Å². The summed E-state index contributed by atoms with van der Waals surface area (Å²) < 4.78 is 27.3. The standard InChI is InChI=1S/C14H6F2N2S2/c15-11-5-9(7-17)1-3-13(11)19-20-14-4-2-10(8-18)6-12(14)16/h1-6H. The van der Waals surface area contributed by atoms with E-state index in [1.807, 2.05) is 12.1 Å². The topological polar surface area (TPSA) is 47.6 Å². The van der Waals surface area contributed by atoms with E-state index in [1.54, 1.807) is 0 Å². The highest BCUT2D eigenvalue weighted by Gasteiger charge is 2.09. The molecule has 0 aliphatic carbocycles. The van der Waals surface area contributed by atoms with Gasteiger partial charge in [-0.15, -0.1) is 0 Å². The van der Waals surface area contributed by atoms with Crippen molar-refractivity contribution in [1.29, 1.82) is 10.5 Å². The van der Waals surface area contributed by atoms with E-state index < -0.39 is 11.6 Å². The smallest absolute Gasteiger partial charge is 0.138 e. The molecule has 0 aromatic heterocycles. The van der Waals surface area contributed by atoms with Crippen molar-refractivity contribution in [2.24, 2.45) is 0 Å². The number of hydrogen-bond acceptors (Lipinski definition) is 4. The van der Waals surface area contributed by atoms with Crippen LogP contribution in [-0.4, -0.2) is 0 Å². The number of hydrogen-bond donors (Lipinski definition) is 0. The van der Waals surface area contributed by atoms with Gasteiger partial charge in [-0.05, 0) is 58.0 Å². The van der Waals surface area contributed by atoms with E-state index in [-0.39, 0.29) is 11.1 Å². The molecular weight excluding hydrogens is 298 g/mol. The Balaban J connectivity index is 2.13. The molecule has 0 atom stereocenters. The zero-order chi connectivity index (χ0) is 14.5. The third kappa shape index (κ3) is 3.30. The molecule has 20 heavy (non-hydrogen) atoms. The summed E-state index contributed by atoms with van der Waals surface area (Å²) in [4.78, 5) is 0.635. The van der Waals surface area contributed by atoms with Gasteiger partial charge in [-0.2, -0.15) is 10.5 Å². The first-order valence-electron chi connectivity index (χ1n) is 5.38. The van der Waals surface area contributed by atoms with Crippen LogP contribution in [0, 0.1) is 34.3 Å². The molecule has 0 unspecified atom stereocenters. The molecule has 0 aliphatic heterocycles. The summed E-state index contributed by atoms with van der Waals surface area (Å²) in [6, 6.07) is 11.9. The van der Waals surface area contributed by atoms with E-state index in [4.69, 9.17) is 10.5 Å². The zero-order valence-electron chi connectivity index (χ0n) is 9.93. The molecule has 0 heterocycles. The van der Waals surface area contributed by atoms with Crippen LogP contribution < -0.4 is 0 Å². The van der Waals surface area contributed by atoms with Gasteiger partial charge < -0.3 is 0 Å². The van der Waals surface area contributed by atoms with Gasteiger partial charge in [0, 0.05) is 0 Å². The molecule has 0 aliphatic rings. The van der Waals surface area contributed by atoms with E-state index in [0.29, 0.717) is 9.79 Å². The Bertz CT molecular complexity index is 669. The Morgan fingerprint density at radius 2 is 1.15 bits per heavy atom. The van der Waals surface area contributed by atoms with Crippen LogP contribution in [0.3, 0.4) is 0 Å². The molecule has 0 radical (unpaired) electrons. The fourth-order valence-electron chi connectivity index (χ4n) is 1.37. The summed E-state index contributed by atoms with van der Waals surface area (Å²) in [7, 11) is 2.11. The van der Waals surface area contributed by atoms with Crippen molar-refractivity contribution in [3.05, 3.63) is 59.2 Å². The van der Waals surface area contributed by atoms with E-state index in [0.717, 1.165) is 33.7 Å². The normalized spacial score (nSPS) is 9.80. The van der Waals surface area contributed by atoms with E-state index >= 15 is 0 Å². The monoisotopic (exact) mass is 304 g/mol. The predicted octanol–water partition coefficient (Wildman–Crippen LogP) is 4.51. The van der Waals surface area contributed by atoms with Crippen LogP contribution in [-0.2, 0) is 0 Å². The summed E-state index contributed by atoms with van der Waals surface area (Å²) in [5, 5.41) is 17.3. The highest BCUT2D eigenvalue weighted by Crippen LogP contribution is 2.39. The van der Waals surface area contributed by atoms with Crippen LogP contribution >= 0.6 is 21.6 Å². The SMILES string of the molecule is N#Cc1ccc(SSc2ccc(C#N)cc2F)c(F)c1. The summed E-state index contributed by atoms with van der Waals surface area (Å²) in [6.07, 6.45) is 0. The highest BCUT2D eigenvalue weighted by atomic mass is 33.1. The molecule has 0 fully saturated rings. The number of nitriles is 2. The van der Waals surface area contributed by atoms with Gasteiger partial charge in [-0.3, -0.25) is 0 Å². The quantitative estimate of drug-likeness (QED) is 0.783. The maximum atomic E-state index is 13.6. The first-order valence-corrected chi connectivity index (χ1v) is 7.53. The van der Waals surface area contributed by atoms with Crippen LogP contribution in [0.25, 0.3) is 0 Å². The zero-order valence-corrected chi connectivity index (χ0v) is 11.6. The first-order chi connectivity index (χ1) is 9.63. The lowest BCUT2D eigenvalue weighted by atomic mass is 10.2. The van der Waals surface area contributed by atoms with E-state index in [9.17, 15) is 8.78 Å². The minimum atomic E-state index is -0.518. The summed E-state index contributed by atoms with van der Waals surface area (Å²) in [5.74, 6) is -1.04. The molecule has 2 aromatic carbocycles. The fourth-order valence-corrected chi connectivity index (χ4v) is 3.42. The third-order valence-corrected chi connectivity index (χ3v) is 4.78. The van der Waals surface area contributed by atoms with Gasteiger partial charge in [0.25, 0.3) is 0 Å². The Morgan fingerprint density at radius 1 is 0.750 bits per heavy atom. The van der Waals surface area contributed by atoms with Gasteiger partial charge in [-0.1, -0.05) is 0 Å². The van der Waals surface area contributed by atoms with Crippen molar-refractivity contribution in [3.63, 3.8) is 0 Å². The van der Waals surface area contributed by atoms with Crippen molar-refractivity contribution in [2.75, 3.05) is 0 Å². The Labute approximate surface area is 122 Å².